The Kier molecular flexibility index (Phi) is 3.66. The number of nitrogens with two attached hydrogens (primary N) is 1. The highest BCUT2D eigenvalue weighted by atomic mass is 16.5. The van der Waals surface area contributed by atoms with Gasteiger partial charge in [0.05, 0.1) is 18.4 Å². The van der Waals surface area contributed by atoms with Crippen molar-refractivity contribution in [3.63, 3.8) is 0 Å². The first-order valence-corrected chi connectivity index (χ1v) is 6.14. The second-order valence-corrected chi connectivity index (χ2v) is 5.27. The zero-order valence-electron chi connectivity index (χ0n) is 10.2. The predicted molar refractivity (Wildman–Crippen MR) is 62.0 cm³/mol. The monoisotopic (exact) mass is 224 g/mol. The maximum Gasteiger partial charge on any atom is 0.157 e. The van der Waals surface area contributed by atoms with Crippen molar-refractivity contribution in [2.45, 2.75) is 38.8 Å². The largest absolute Gasteiger partial charge is 0.463 e. The van der Waals surface area contributed by atoms with Crippen molar-refractivity contribution in [2.24, 2.45) is 5.92 Å². The Hall–Kier alpha value is -0.800. The smallest absolute Gasteiger partial charge is 0.157 e. The maximum atomic E-state index is 5.72. The fraction of sp³-hybridized carbons (Fsp3) is 0.692. The zero-order valence-corrected chi connectivity index (χ0v) is 10.2. The van der Waals surface area contributed by atoms with Crippen molar-refractivity contribution in [1.82, 2.24) is 0 Å². The summed E-state index contributed by atoms with van der Waals surface area (Å²) in [6, 6.07) is 3.98. The van der Waals surface area contributed by atoms with Gasteiger partial charge in [0.15, 0.2) is 5.76 Å². The molecule has 3 heteroatoms. The number of hydrogen-bond donors (Lipinski definition) is 1. The normalized spacial score (nSPS) is 24.5. The van der Waals surface area contributed by atoms with Crippen molar-refractivity contribution in [3.8, 4) is 0 Å². The van der Waals surface area contributed by atoms with Crippen LogP contribution in [0.25, 0.3) is 0 Å². The Labute approximate surface area is 97.2 Å². The van der Waals surface area contributed by atoms with Crippen LogP contribution >= 0.6 is 0 Å². The molecule has 0 spiro atoms. The molecule has 1 fully saturated rings. The summed E-state index contributed by atoms with van der Waals surface area (Å²) in [5, 5.41) is 2.34. The minimum absolute atomic E-state index is 0.0709. The lowest BCUT2D eigenvalue weighted by molar-refractivity contribution is -0.678. The molecule has 2 heterocycles. The van der Waals surface area contributed by atoms with Crippen molar-refractivity contribution in [1.29, 1.82) is 0 Å². The third-order valence-electron chi connectivity index (χ3n) is 3.22. The number of furan rings is 1. The summed E-state index contributed by atoms with van der Waals surface area (Å²) in [6.07, 6.45) is 4.10. The zero-order chi connectivity index (χ0) is 11.4. The molecule has 1 aliphatic heterocycles. The van der Waals surface area contributed by atoms with Crippen LogP contribution in [-0.2, 0) is 11.3 Å². The first kappa shape index (κ1) is 11.7. The van der Waals surface area contributed by atoms with Crippen LogP contribution < -0.4 is 5.32 Å². The topological polar surface area (TPSA) is 39.0 Å². The van der Waals surface area contributed by atoms with E-state index in [4.69, 9.17) is 9.15 Å². The van der Waals surface area contributed by atoms with Crippen molar-refractivity contribution in [3.05, 3.63) is 24.2 Å². The molecule has 1 aromatic heterocycles. The van der Waals surface area contributed by atoms with E-state index >= 15 is 0 Å². The molecule has 1 atom stereocenters. The number of quaternary nitrogens is 1. The van der Waals surface area contributed by atoms with Crippen molar-refractivity contribution < 1.29 is 14.5 Å². The molecule has 0 aliphatic carbocycles. The minimum atomic E-state index is 0.0709. The molecular weight excluding hydrogens is 202 g/mol. The molecule has 3 nitrogen and oxygen atoms in total. The van der Waals surface area contributed by atoms with E-state index in [0.29, 0.717) is 0 Å². The quantitative estimate of drug-likeness (QED) is 0.842. The van der Waals surface area contributed by atoms with E-state index in [1.54, 1.807) is 6.26 Å². The molecule has 0 radical (unpaired) electrons. The SMILES string of the molecule is CC1(C)CC(C[NH2+]Cc2ccco2)CCO1. The maximum absolute atomic E-state index is 5.72. The number of rotatable bonds is 4. The number of hydrogen-bond acceptors (Lipinski definition) is 2. The summed E-state index contributed by atoms with van der Waals surface area (Å²) < 4.78 is 11.0. The van der Waals surface area contributed by atoms with E-state index in [9.17, 15) is 0 Å². The molecule has 2 N–H and O–H groups in total. The summed E-state index contributed by atoms with van der Waals surface area (Å²) in [4.78, 5) is 0. The summed E-state index contributed by atoms with van der Waals surface area (Å²) in [5.74, 6) is 1.84. The second kappa shape index (κ2) is 5.02. The Morgan fingerprint density at radius 1 is 1.50 bits per heavy atom. The van der Waals surface area contributed by atoms with Crippen LogP contribution in [0.4, 0.5) is 0 Å². The third kappa shape index (κ3) is 3.35. The first-order valence-electron chi connectivity index (χ1n) is 6.14. The minimum Gasteiger partial charge on any atom is -0.463 e. The van der Waals surface area contributed by atoms with Crippen LogP contribution in [0.5, 0.6) is 0 Å². The molecular formula is C13H22NO2+. The summed E-state index contributed by atoms with van der Waals surface area (Å²) >= 11 is 0. The Morgan fingerprint density at radius 2 is 2.38 bits per heavy atom. The van der Waals surface area contributed by atoms with E-state index < -0.39 is 0 Å². The van der Waals surface area contributed by atoms with E-state index in [-0.39, 0.29) is 5.60 Å². The molecule has 1 aromatic rings. The van der Waals surface area contributed by atoms with E-state index in [0.717, 1.165) is 24.8 Å². The lowest BCUT2D eigenvalue weighted by Gasteiger charge is -2.34. The Balaban J connectivity index is 1.70. The summed E-state index contributed by atoms with van der Waals surface area (Å²) in [5.41, 5.74) is 0.0709. The van der Waals surface area contributed by atoms with Gasteiger partial charge in [-0.1, -0.05) is 0 Å². The van der Waals surface area contributed by atoms with Crippen LogP contribution in [0, 0.1) is 5.92 Å². The lowest BCUT2D eigenvalue weighted by Crippen LogP contribution is -2.84. The lowest BCUT2D eigenvalue weighted by atomic mass is 9.88. The van der Waals surface area contributed by atoms with E-state index in [2.05, 4.69) is 19.2 Å². The predicted octanol–water partition coefficient (Wildman–Crippen LogP) is 1.55. The van der Waals surface area contributed by atoms with Gasteiger partial charge < -0.3 is 14.5 Å². The van der Waals surface area contributed by atoms with Gasteiger partial charge in [0, 0.05) is 12.5 Å². The molecule has 16 heavy (non-hydrogen) atoms. The molecule has 0 saturated carbocycles. The van der Waals surface area contributed by atoms with Gasteiger partial charge in [-0.2, -0.15) is 0 Å². The van der Waals surface area contributed by atoms with Gasteiger partial charge in [0.1, 0.15) is 6.54 Å². The van der Waals surface area contributed by atoms with Crippen LogP contribution in [0.1, 0.15) is 32.4 Å². The molecule has 2 rings (SSSR count). The molecule has 0 bridgehead atoms. The Morgan fingerprint density at radius 3 is 3.06 bits per heavy atom. The first-order chi connectivity index (χ1) is 7.66. The van der Waals surface area contributed by atoms with Gasteiger partial charge in [-0.05, 0) is 38.8 Å². The molecule has 0 amide bonds. The Bertz CT molecular complexity index is 306. The highest BCUT2D eigenvalue weighted by Crippen LogP contribution is 2.27. The summed E-state index contributed by atoms with van der Waals surface area (Å²) in [6.45, 7) is 7.40. The highest BCUT2D eigenvalue weighted by molar-refractivity contribution is 4.95. The highest BCUT2D eigenvalue weighted by Gasteiger charge is 2.29. The fourth-order valence-electron chi connectivity index (χ4n) is 2.45. The van der Waals surface area contributed by atoms with E-state index in [1.807, 2.05) is 12.1 Å². The third-order valence-corrected chi connectivity index (χ3v) is 3.22. The number of ether oxygens (including phenoxy) is 1. The van der Waals surface area contributed by atoms with Crippen LogP contribution in [0.3, 0.4) is 0 Å². The fourth-order valence-corrected chi connectivity index (χ4v) is 2.45. The van der Waals surface area contributed by atoms with Gasteiger partial charge >= 0.3 is 0 Å². The van der Waals surface area contributed by atoms with Crippen LogP contribution in [0.15, 0.2) is 22.8 Å². The van der Waals surface area contributed by atoms with Crippen molar-refractivity contribution in [2.75, 3.05) is 13.2 Å². The van der Waals surface area contributed by atoms with Crippen LogP contribution in [-0.4, -0.2) is 18.8 Å². The van der Waals surface area contributed by atoms with Crippen molar-refractivity contribution >= 4 is 0 Å². The molecule has 0 aromatic carbocycles. The van der Waals surface area contributed by atoms with Gasteiger partial charge in [-0.3, -0.25) is 0 Å². The molecule has 1 aliphatic rings. The van der Waals surface area contributed by atoms with Gasteiger partial charge in [0.2, 0.25) is 0 Å². The summed E-state index contributed by atoms with van der Waals surface area (Å²) in [7, 11) is 0. The van der Waals surface area contributed by atoms with E-state index in [1.165, 1.54) is 19.4 Å². The van der Waals surface area contributed by atoms with Gasteiger partial charge in [0.25, 0.3) is 0 Å². The molecule has 1 saturated heterocycles. The van der Waals surface area contributed by atoms with Gasteiger partial charge in [-0.25, -0.2) is 0 Å². The van der Waals surface area contributed by atoms with Crippen LogP contribution in [0.2, 0.25) is 0 Å². The standard InChI is InChI=1S/C13H21NO2/c1-13(2)8-11(5-7-16-13)9-14-10-12-4-3-6-15-12/h3-4,6,11,14H,5,7-10H2,1-2H3/p+1. The molecule has 90 valence electrons. The molecule has 1 unspecified atom stereocenters. The van der Waals surface area contributed by atoms with Gasteiger partial charge in [-0.15, -0.1) is 0 Å². The average Bonchev–Trinajstić information content (AvgIpc) is 2.69. The second-order valence-electron chi connectivity index (χ2n) is 5.27. The average molecular weight is 224 g/mol.